The van der Waals surface area contributed by atoms with Crippen molar-refractivity contribution in [3.05, 3.63) is 0 Å². The molecule has 1 fully saturated rings. The largest absolute Gasteiger partial charge is 0.481 e. The predicted octanol–water partition coefficient (Wildman–Crippen LogP) is 1.37. The molecule has 0 radical (unpaired) electrons. The van der Waals surface area contributed by atoms with Crippen molar-refractivity contribution in [1.29, 1.82) is 0 Å². The molecule has 20 heavy (non-hydrogen) atoms. The summed E-state index contributed by atoms with van der Waals surface area (Å²) in [4.78, 5) is 26.2. The number of nitrogens with zero attached hydrogens (tertiary/aromatic N) is 2. The molecule has 1 aliphatic heterocycles. The number of piperidine rings is 1. The van der Waals surface area contributed by atoms with Crippen LogP contribution in [0.15, 0.2) is 0 Å². The molecule has 2 N–H and O–H groups in total. The molecular formula is C14H27N3O3. The third kappa shape index (κ3) is 6.23. The Morgan fingerprint density at radius 3 is 2.55 bits per heavy atom. The second-order valence-corrected chi connectivity index (χ2v) is 5.55. The van der Waals surface area contributed by atoms with Crippen LogP contribution >= 0.6 is 0 Å². The lowest BCUT2D eigenvalue weighted by atomic mass is 10.1. The van der Waals surface area contributed by atoms with Crippen LogP contribution in [0.3, 0.4) is 0 Å². The highest BCUT2D eigenvalue weighted by Crippen LogP contribution is 2.11. The molecule has 0 aliphatic carbocycles. The Morgan fingerprint density at radius 2 is 1.95 bits per heavy atom. The van der Waals surface area contributed by atoms with Crippen LogP contribution in [0, 0.1) is 0 Å². The van der Waals surface area contributed by atoms with Gasteiger partial charge in [-0.1, -0.05) is 6.42 Å². The van der Waals surface area contributed by atoms with E-state index in [1.54, 1.807) is 11.9 Å². The van der Waals surface area contributed by atoms with Gasteiger partial charge >= 0.3 is 12.0 Å². The van der Waals surface area contributed by atoms with E-state index < -0.39 is 5.97 Å². The zero-order valence-electron chi connectivity index (χ0n) is 12.6. The smallest absolute Gasteiger partial charge is 0.317 e. The molecule has 116 valence electrons. The molecule has 1 rings (SSSR count). The topological polar surface area (TPSA) is 72.9 Å². The van der Waals surface area contributed by atoms with E-state index >= 15 is 0 Å². The number of carbonyl (C=O) groups is 2. The molecule has 1 heterocycles. The minimum atomic E-state index is -0.822. The van der Waals surface area contributed by atoms with E-state index in [1.165, 1.54) is 19.3 Å². The highest BCUT2D eigenvalue weighted by atomic mass is 16.4. The summed E-state index contributed by atoms with van der Waals surface area (Å²) in [5.41, 5.74) is 0. The van der Waals surface area contributed by atoms with Crippen LogP contribution in [-0.2, 0) is 4.79 Å². The lowest BCUT2D eigenvalue weighted by Gasteiger charge is -2.32. The average molecular weight is 285 g/mol. The first-order valence-electron chi connectivity index (χ1n) is 7.45. The van der Waals surface area contributed by atoms with Crippen LogP contribution in [0.4, 0.5) is 4.79 Å². The van der Waals surface area contributed by atoms with Gasteiger partial charge in [0.1, 0.15) is 0 Å². The van der Waals surface area contributed by atoms with Crippen molar-refractivity contribution in [3.63, 3.8) is 0 Å². The SMILES string of the molecule is CC(CNC(=O)N(C)CCCC(=O)O)N1CCCCC1. The Balaban J connectivity index is 2.18. The fourth-order valence-electron chi connectivity index (χ4n) is 2.43. The monoisotopic (exact) mass is 285 g/mol. The molecule has 0 spiro atoms. The van der Waals surface area contributed by atoms with E-state index in [-0.39, 0.29) is 12.5 Å². The van der Waals surface area contributed by atoms with Gasteiger partial charge in [0.05, 0.1) is 0 Å². The van der Waals surface area contributed by atoms with Crippen LogP contribution in [-0.4, -0.2) is 66.2 Å². The summed E-state index contributed by atoms with van der Waals surface area (Å²) in [5.74, 6) is -0.822. The number of hydrogen-bond acceptors (Lipinski definition) is 3. The highest BCUT2D eigenvalue weighted by molar-refractivity contribution is 5.74. The Labute approximate surface area is 121 Å². The quantitative estimate of drug-likeness (QED) is 0.741. The number of carboxylic acid groups (broad SMARTS) is 1. The summed E-state index contributed by atoms with van der Waals surface area (Å²) < 4.78 is 0. The van der Waals surface area contributed by atoms with E-state index in [0.717, 1.165) is 13.1 Å². The normalized spacial score (nSPS) is 17.5. The van der Waals surface area contributed by atoms with Crippen molar-refractivity contribution in [1.82, 2.24) is 15.1 Å². The number of amides is 2. The van der Waals surface area contributed by atoms with Gasteiger partial charge in [-0.15, -0.1) is 0 Å². The van der Waals surface area contributed by atoms with Gasteiger partial charge in [0.15, 0.2) is 0 Å². The molecule has 0 saturated carbocycles. The van der Waals surface area contributed by atoms with Crippen LogP contribution in [0.25, 0.3) is 0 Å². The summed E-state index contributed by atoms with van der Waals surface area (Å²) in [6.45, 7) is 5.48. The number of carbonyl (C=O) groups excluding carboxylic acids is 1. The summed E-state index contributed by atoms with van der Waals surface area (Å²) in [7, 11) is 1.70. The highest BCUT2D eigenvalue weighted by Gasteiger charge is 2.17. The Hall–Kier alpha value is -1.30. The van der Waals surface area contributed by atoms with E-state index in [4.69, 9.17) is 5.11 Å². The lowest BCUT2D eigenvalue weighted by Crippen LogP contribution is -2.47. The van der Waals surface area contributed by atoms with Gasteiger partial charge in [-0.05, 0) is 39.3 Å². The Kier molecular flexibility index (Phi) is 7.36. The van der Waals surface area contributed by atoms with E-state index in [2.05, 4.69) is 17.1 Å². The fraction of sp³-hybridized carbons (Fsp3) is 0.857. The number of hydrogen-bond donors (Lipinski definition) is 2. The van der Waals surface area contributed by atoms with Gasteiger partial charge in [0, 0.05) is 32.6 Å². The molecule has 0 aromatic carbocycles. The maximum atomic E-state index is 11.9. The number of urea groups is 1. The molecule has 6 heteroatoms. The van der Waals surface area contributed by atoms with Gasteiger partial charge in [-0.25, -0.2) is 4.79 Å². The zero-order valence-corrected chi connectivity index (χ0v) is 12.6. The maximum absolute atomic E-state index is 11.9. The van der Waals surface area contributed by atoms with Crippen LogP contribution in [0.5, 0.6) is 0 Å². The molecule has 6 nitrogen and oxygen atoms in total. The number of carboxylic acids is 1. The summed E-state index contributed by atoms with van der Waals surface area (Å²) in [6, 6.07) is 0.228. The summed E-state index contributed by atoms with van der Waals surface area (Å²) in [5, 5.41) is 11.5. The van der Waals surface area contributed by atoms with Gasteiger partial charge in [0.25, 0.3) is 0 Å². The van der Waals surface area contributed by atoms with Crippen LogP contribution in [0.2, 0.25) is 0 Å². The van der Waals surface area contributed by atoms with Gasteiger partial charge < -0.3 is 15.3 Å². The van der Waals surface area contributed by atoms with Crippen molar-refractivity contribution >= 4 is 12.0 Å². The zero-order chi connectivity index (χ0) is 15.0. The van der Waals surface area contributed by atoms with Gasteiger partial charge in [0.2, 0.25) is 0 Å². The molecule has 1 atom stereocenters. The van der Waals surface area contributed by atoms with Crippen molar-refractivity contribution in [2.24, 2.45) is 0 Å². The summed E-state index contributed by atoms with van der Waals surface area (Å²) >= 11 is 0. The number of aliphatic carboxylic acids is 1. The molecule has 0 bridgehead atoms. The third-order valence-corrected chi connectivity index (χ3v) is 3.79. The maximum Gasteiger partial charge on any atom is 0.317 e. The second-order valence-electron chi connectivity index (χ2n) is 5.55. The number of rotatable bonds is 7. The number of nitrogens with one attached hydrogen (secondary N) is 1. The summed E-state index contributed by atoms with van der Waals surface area (Å²) in [6.07, 6.45) is 4.38. The Bertz CT molecular complexity index is 317. The van der Waals surface area contributed by atoms with Crippen molar-refractivity contribution < 1.29 is 14.7 Å². The number of likely N-dealkylation sites (tertiary alicyclic amines) is 1. The van der Waals surface area contributed by atoms with Crippen molar-refractivity contribution in [2.45, 2.75) is 45.1 Å². The second kappa shape index (κ2) is 8.79. The molecule has 1 saturated heterocycles. The molecule has 1 unspecified atom stereocenters. The first kappa shape index (κ1) is 16.8. The predicted molar refractivity (Wildman–Crippen MR) is 77.8 cm³/mol. The first-order chi connectivity index (χ1) is 9.50. The molecule has 0 aromatic rings. The van der Waals surface area contributed by atoms with Crippen LogP contribution < -0.4 is 5.32 Å². The lowest BCUT2D eigenvalue weighted by molar-refractivity contribution is -0.137. The fourth-order valence-corrected chi connectivity index (χ4v) is 2.43. The molecular weight excluding hydrogens is 258 g/mol. The van der Waals surface area contributed by atoms with E-state index in [9.17, 15) is 9.59 Å². The first-order valence-corrected chi connectivity index (χ1v) is 7.45. The molecule has 0 aromatic heterocycles. The van der Waals surface area contributed by atoms with E-state index in [1.807, 2.05) is 0 Å². The minimum Gasteiger partial charge on any atom is -0.481 e. The average Bonchev–Trinajstić information content (AvgIpc) is 2.44. The van der Waals surface area contributed by atoms with Gasteiger partial charge in [-0.3, -0.25) is 9.69 Å². The van der Waals surface area contributed by atoms with Gasteiger partial charge in [-0.2, -0.15) is 0 Å². The minimum absolute atomic E-state index is 0.0990. The molecule has 1 aliphatic rings. The Morgan fingerprint density at radius 1 is 1.30 bits per heavy atom. The van der Waals surface area contributed by atoms with E-state index in [0.29, 0.717) is 25.6 Å². The standard InChI is InChI=1S/C14H27N3O3/c1-12(17-9-4-3-5-10-17)11-15-14(20)16(2)8-6-7-13(18)19/h12H,3-11H2,1-2H3,(H,15,20)(H,18,19). The van der Waals surface area contributed by atoms with Crippen LogP contribution in [0.1, 0.15) is 39.0 Å². The third-order valence-electron chi connectivity index (χ3n) is 3.79. The van der Waals surface area contributed by atoms with Crippen molar-refractivity contribution in [3.8, 4) is 0 Å². The van der Waals surface area contributed by atoms with Crippen molar-refractivity contribution in [2.75, 3.05) is 33.2 Å². The molecule has 2 amide bonds.